The van der Waals surface area contributed by atoms with Gasteiger partial charge in [-0.05, 0) is 18.1 Å². The molecule has 3 nitrogen and oxygen atoms in total. The molecule has 21 heavy (non-hydrogen) atoms. The van der Waals surface area contributed by atoms with Crippen LogP contribution in [-0.4, -0.2) is 23.8 Å². The first-order valence-electron chi connectivity index (χ1n) is 7.08. The normalized spacial score (nSPS) is 13.9. The second-order valence-electron chi connectivity index (χ2n) is 5.14. The fourth-order valence-corrected chi connectivity index (χ4v) is 2.17. The van der Waals surface area contributed by atoms with Gasteiger partial charge in [0.05, 0.1) is 6.10 Å². The largest absolute Gasteiger partial charge is 0.390 e. The quantitative estimate of drug-likeness (QED) is 0.729. The standard InChI is InChI=1S/C17H21FN2O/c18-15-9-5-4-8-14(15)11-20-12-17(21)16(19)10-13-6-2-1-3-7-13/h1-9,16-17,20-21H,10-12,19H2/t16-,17+/m0/s1. The molecular formula is C17H21FN2O. The Morgan fingerprint density at radius 3 is 2.43 bits per heavy atom. The Morgan fingerprint density at radius 1 is 1.05 bits per heavy atom. The molecule has 4 N–H and O–H groups in total. The molecule has 2 aromatic rings. The molecule has 112 valence electrons. The molecule has 0 fully saturated rings. The van der Waals surface area contributed by atoms with Crippen LogP contribution in [0, 0.1) is 5.82 Å². The van der Waals surface area contributed by atoms with Gasteiger partial charge in [-0.2, -0.15) is 0 Å². The van der Waals surface area contributed by atoms with Crippen molar-refractivity contribution < 1.29 is 9.50 Å². The maximum Gasteiger partial charge on any atom is 0.127 e. The van der Waals surface area contributed by atoms with Gasteiger partial charge in [0.2, 0.25) is 0 Å². The van der Waals surface area contributed by atoms with Crippen LogP contribution < -0.4 is 11.1 Å². The summed E-state index contributed by atoms with van der Waals surface area (Å²) in [5.74, 6) is -0.243. The van der Waals surface area contributed by atoms with Gasteiger partial charge in [-0.25, -0.2) is 4.39 Å². The Kier molecular flexibility index (Phi) is 5.87. The van der Waals surface area contributed by atoms with E-state index >= 15 is 0 Å². The summed E-state index contributed by atoms with van der Waals surface area (Å²) in [6.07, 6.45) is -0.0550. The maximum absolute atomic E-state index is 13.4. The Hall–Kier alpha value is -1.75. The predicted octanol–water partition coefficient (Wildman–Crippen LogP) is 1.85. The Labute approximate surface area is 124 Å². The summed E-state index contributed by atoms with van der Waals surface area (Å²) in [6.45, 7) is 0.712. The number of hydrogen-bond donors (Lipinski definition) is 3. The van der Waals surface area contributed by atoms with E-state index in [1.165, 1.54) is 6.07 Å². The molecule has 0 aliphatic heterocycles. The smallest absolute Gasteiger partial charge is 0.127 e. The summed E-state index contributed by atoms with van der Waals surface area (Å²) in [6, 6.07) is 16.1. The molecule has 2 atom stereocenters. The number of rotatable bonds is 7. The third-order valence-corrected chi connectivity index (χ3v) is 3.44. The van der Waals surface area contributed by atoms with E-state index in [4.69, 9.17) is 5.73 Å². The van der Waals surface area contributed by atoms with E-state index in [-0.39, 0.29) is 11.9 Å². The summed E-state index contributed by atoms with van der Waals surface area (Å²) in [5, 5.41) is 13.1. The van der Waals surface area contributed by atoms with Crippen molar-refractivity contribution in [1.82, 2.24) is 5.32 Å². The number of aliphatic hydroxyl groups excluding tert-OH is 1. The van der Waals surface area contributed by atoms with Crippen LogP contribution in [0.2, 0.25) is 0 Å². The summed E-state index contributed by atoms with van der Waals surface area (Å²) < 4.78 is 13.4. The van der Waals surface area contributed by atoms with E-state index in [1.807, 2.05) is 30.3 Å². The number of benzene rings is 2. The molecule has 0 aliphatic carbocycles. The molecule has 0 radical (unpaired) electrons. The molecular weight excluding hydrogens is 267 g/mol. The van der Waals surface area contributed by atoms with Crippen LogP contribution in [0.1, 0.15) is 11.1 Å². The number of halogens is 1. The van der Waals surface area contributed by atoms with Crippen molar-refractivity contribution in [1.29, 1.82) is 0 Å². The van der Waals surface area contributed by atoms with Crippen molar-refractivity contribution in [3.05, 3.63) is 71.5 Å². The van der Waals surface area contributed by atoms with Crippen molar-refractivity contribution >= 4 is 0 Å². The van der Waals surface area contributed by atoms with Gasteiger partial charge < -0.3 is 16.2 Å². The zero-order valence-electron chi connectivity index (χ0n) is 11.9. The van der Waals surface area contributed by atoms with Crippen molar-refractivity contribution in [3.8, 4) is 0 Å². The van der Waals surface area contributed by atoms with Crippen molar-refractivity contribution in [3.63, 3.8) is 0 Å². The molecule has 0 spiro atoms. The fourth-order valence-electron chi connectivity index (χ4n) is 2.17. The first-order chi connectivity index (χ1) is 10.2. The number of aliphatic hydroxyl groups is 1. The third kappa shape index (κ3) is 4.93. The summed E-state index contributed by atoms with van der Waals surface area (Å²) in [7, 11) is 0. The lowest BCUT2D eigenvalue weighted by molar-refractivity contribution is 0.141. The highest BCUT2D eigenvalue weighted by Gasteiger charge is 2.15. The fraction of sp³-hybridized carbons (Fsp3) is 0.294. The molecule has 2 rings (SSSR count). The second-order valence-corrected chi connectivity index (χ2v) is 5.14. The van der Waals surface area contributed by atoms with Crippen LogP contribution >= 0.6 is 0 Å². The number of hydrogen-bond acceptors (Lipinski definition) is 3. The minimum atomic E-state index is -0.669. The molecule has 4 heteroatoms. The summed E-state index contributed by atoms with van der Waals surface area (Å²) >= 11 is 0. The van der Waals surface area contributed by atoms with Crippen LogP contribution in [0.15, 0.2) is 54.6 Å². The lowest BCUT2D eigenvalue weighted by Crippen LogP contribution is -2.43. The SMILES string of the molecule is N[C@@H](Cc1ccccc1)[C@H](O)CNCc1ccccc1F. The Morgan fingerprint density at radius 2 is 1.71 bits per heavy atom. The minimum Gasteiger partial charge on any atom is -0.390 e. The molecule has 0 unspecified atom stereocenters. The zero-order chi connectivity index (χ0) is 15.1. The maximum atomic E-state index is 13.4. The van der Waals surface area contributed by atoms with E-state index in [1.54, 1.807) is 18.2 Å². The van der Waals surface area contributed by atoms with Crippen molar-refractivity contribution in [2.75, 3.05) is 6.54 Å². The van der Waals surface area contributed by atoms with Crippen molar-refractivity contribution in [2.45, 2.75) is 25.1 Å². The summed E-state index contributed by atoms with van der Waals surface area (Å²) in [4.78, 5) is 0. The molecule has 0 bridgehead atoms. The third-order valence-electron chi connectivity index (χ3n) is 3.44. The van der Waals surface area contributed by atoms with E-state index in [0.717, 1.165) is 5.56 Å². The highest BCUT2D eigenvalue weighted by atomic mass is 19.1. The zero-order valence-corrected chi connectivity index (χ0v) is 11.9. The highest BCUT2D eigenvalue weighted by molar-refractivity contribution is 5.17. The number of nitrogens with two attached hydrogens (primary N) is 1. The van der Waals surface area contributed by atoms with Crippen molar-refractivity contribution in [2.24, 2.45) is 5.73 Å². The Bertz CT molecular complexity index is 547. The molecule has 0 saturated carbocycles. The van der Waals surface area contributed by atoms with Crippen LogP contribution in [0.5, 0.6) is 0 Å². The molecule has 2 aromatic carbocycles. The topological polar surface area (TPSA) is 58.3 Å². The lowest BCUT2D eigenvalue weighted by atomic mass is 10.0. The van der Waals surface area contributed by atoms with Gasteiger partial charge in [-0.3, -0.25) is 0 Å². The molecule has 0 aromatic heterocycles. The molecule has 0 aliphatic rings. The lowest BCUT2D eigenvalue weighted by Gasteiger charge is -2.19. The minimum absolute atomic E-state index is 0.243. The Balaban J connectivity index is 1.76. The van der Waals surface area contributed by atoms with Crippen LogP contribution in [-0.2, 0) is 13.0 Å². The first kappa shape index (κ1) is 15.6. The molecule has 0 amide bonds. The van der Waals surface area contributed by atoms with E-state index in [0.29, 0.717) is 25.1 Å². The van der Waals surface area contributed by atoms with Gasteiger partial charge in [0, 0.05) is 24.7 Å². The van der Waals surface area contributed by atoms with Crippen LogP contribution in [0.25, 0.3) is 0 Å². The van der Waals surface area contributed by atoms with E-state index < -0.39 is 6.10 Å². The molecule has 0 saturated heterocycles. The first-order valence-corrected chi connectivity index (χ1v) is 7.08. The van der Waals surface area contributed by atoms with Gasteiger partial charge in [0.1, 0.15) is 5.82 Å². The predicted molar refractivity (Wildman–Crippen MR) is 82.2 cm³/mol. The van der Waals surface area contributed by atoms with Gasteiger partial charge in [0.25, 0.3) is 0 Å². The van der Waals surface area contributed by atoms with Crippen LogP contribution in [0.3, 0.4) is 0 Å². The second kappa shape index (κ2) is 7.88. The van der Waals surface area contributed by atoms with Gasteiger partial charge in [-0.15, -0.1) is 0 Å². The van der Waals surface area contributed by atoms with E-state index in [2.05, 4.69) is 5.32 Å². The van der Waals surface area contributed by atoms with Gasteiger partial charge in [0.15, 0.2) is 0 Å². The van der Waals surface area contributed by atoms with Gasteiger partial charge in [-0.1, -0.05) is 48.5 Å². The number of nitrogens with one attached hydrogen (secondary N) is 1. The highest BCUT2D eigenvalue weighted by Crippen LogP contribution is 2.07. The molecule has 0 heterocycles. The van der Waals surface area contributed by atoms with Crippen LogP contribution in [0.4, 0.5) is 4.39 Å². The average molecular weight is 288 g/mol. The average Bonchev–Trinajstić information content (AvgIpc) is 2.50. The van der Waals surface area contributed by atoms with Gasteiger partial charge >= 0.3 is 0 Å². The monoisotopic (exact) mass is 288 g/mol. The summed E-state index contributed by atoms with van der Waals surface area (Å²) in [5.41, 5.74) is 7.67. The van der Waals surface area contributed by atoms with E-state index in [9.17, 15) is 9.50 Å².